The molecule has 3 rings (SSSR count). The molecule has 0 fully saturated rings. The number of rotatable bonds is 4. The number of nitro groups is 1. The minimum Gasteiger partial charge on any atom is -0.463 e. The van der Waals surface area contributed by atoms with Gasteiger partial charge in [-0.05, 0) is 31.2 Å². The van der Waals surface area contributed by atoms with E-state index in [9.17, 15) is 19.7 Å². The number of carbonyl (C=O) groups excluding carboxylic acids is 1. The van der Waals surface area contributed by atoms with Crippen LogP contribution in [0.5, 0.6) is 0 Å². The third kappa shape index (κ3) is 3.34. The summed E-state index contributed by atoms with van der Waals surface area (Å²) >= 11 is 0. The van der Waals surface area contributed by atoms with Crippen LogP contribution < -0.4 is 10.9 Å². The SMILES string of the molecule is Cc1cc(C(=O)N/N=C\c2coc3ccccc3c2=O)ccc1[N+](=O)[O-]. The van der Waals surface area contributed by atoms with Crippen LogP contribution >= 0.6 is 0 Å². The fourth-order valence-corrected chi connectivity index (χ4v) is 2.41. The molecule has 0 aliphatic heterocycles. The highest BCUT2D eigenvalue weighted by Gasteiger charge is 2.13. The summed E-state index contributed by atoms with van der Waals surface area (Å²) in [6, 6.07) is 10.8. The van der Waals surface area contributed by atoms with E-state index in [0.717, 1.165) is 0 Å². The minimum absolute atomic E-state index is 0.0705. The average molecular weight is 351 g/mol. The predicted octanol–water partition coefficient (Wildman–Crippen LogP) is 2.77. The van der Waals surface area contributed by atoms with Gasteiger partial charge in [0.05, 0.1) is 22.1 Å². The summed E-state index contributed by atoms with van der Waals surface area (Å²) in [6.45, 7) is 1.54. The minimum atomic E-state index is -0.551. The molecule has 0 spiro atoms. The number of nitro benzene ring substituents is 1. The molecular formula is C18H13N3O5. The Kier molecular flexibility index (Phi) is 4.57. The molecule has 2 aromatic carbocycles. The van der Waals surface area contributed by atoms with Crippen molar-refractivity contribution in [3.05, 3.63) is 85.8 Å². The number of hydrogen-bond donors (Lipinski definition) is 1. The summed E-state index contributed by atoms with van der Waals surface area (Å²) in [6.07, 6.45) is 2.45. The number of nitrogens with zero attached hydrogens (tertiary/aromatic N) is 2. The zero-order valence-electron chi connectivity index (χ0n) is 13.6. The van der Waals surface area contributed by atoms with Crippen LogP contribution in [0.1, 0.15) is 21.5 Å². The van der Waals surface area contributed by atoms with Gasteiger partial charge in [-0.1, -0.05) is 12.1 Å². The van der Waals surface area contributed by atoms with E-state index in [-0.39, 0.29) is 22.2 Å². The number of aryl methyl sites for hydroxylation is 1. The molecule has 1 N–H and O–H groups in total. The van der Waals surface area contributed by atoms with Gasteiger partial charge in [0, 0.05) is 17.2 Å². The number of nitrogens with one attached hydrogen (secondary N) is 1. The van der Waals surface area contributed by atoms with E-state index in [1.165, 1.54) is 30.7 Å². The molecule has 8 nitrogen and oxygen atoms in total. The van der Waals surface area contributed by atoms with Gasteiger partial charge in [0.1, 0.15) is 11.8 Å². The molecule has 0 atom stereocenters. The van der Waals surface area contributed by atoms with E-state index in [0.29, 0.717) is 16.5 Å². The van der Waals surface area contributed by atoms with Gasteiger partial charge >= 0.3 is 0 Å². The predicted molar refractivity (Wildman–Crippen MR) is 95.4 cm³/mol. The smallest absolute Gasteiger partial charge is 0.272 e. The summed E-state index contributed by atoms with van der Waals surface area (Å²) in [5, 5.41) is 15.0. The van der Waals surface area contributed by atoms with Crippen molar-refractivity contribution < 1.29 is 14.1 Å². The van der Waals surface area contributed by atoms with Crippen LogP contribution in [0.15, 0.2) is 63.0 Å². The first-order valence-electron chi connectivity index (χ1n) is 7.56. The molecule has 1 amide bonds. The van der Waals surface area contributed by atoms with Crippen molar-refractivity contribution in [2.45, 2.75) is 6.92 Å². The first-order valence-corrected chi connectivity index (χ1v) is 7.56. The molecule has 0 radical (unpaired) electrons. The third-order valence-corrected chi connectivity index (χ3v) is 3.73. The molecule has 0 bridgehead atoms. The lowest BCUT2D eigenvalue weighted by atomic mass is 10.1. The van der Waals surface area contributed by atoms with Crippen molar-refractivity contribution in [2.24, 2.45) is 5.10 Å². The molecule has 130 valence electrons. The first kappa shape index (κ1) is 17.0. The number of benzene rings is 2. The van der Waals surface area contributed by atoms with Crippen LogP contribution in [0.4, 0.5) is 5.69 Å². The highest BCUT2D eigenvalue weighted by molar-refractivity contribution is 5.95. The summed E-state index contributed by atoms with van der Waals surface area (Å²) in [5.74, 6) is -0.551. The Morgan fingerprint density at radius 3 is 2.77 bits per heavy atom. The maximum Gasteiger partial charge on any atom is 0.272 e. The monoisotopic (exact) mass is 351 g/mol. The molecule has 0 aliphatic carbocycles. The lowest BCUT2D eigenvalue weighted by Crippen LogP contribution is -2.18. The molecule has 3 aromatic rings. The number of para-hydroxylation sites is 1. The Hall–Kier alpha value is -3.81. The Morgan fingerprint density at radius 1 is 1.27 bits per heavy atom. The largest absolute Gasteiger partial charge is 0.463 e. The van der Waals surface area contributed by atoms with Crippen LogP contribution in [0.25, 0.3) is 11.0 Å². The molecule has 0 saturated heterocycles. The van der Waals surface area contributed by atoms with Crippen molar-refractivity contribution in [3.63, 3.8) is 0 Å². The summed E-state index contributed by atoms with van der Waals surface area (Å²) in [5.41, 5.74) is 3.16. The fourth-order valence-electron chi connectivity index (χ4n) is 2.41. The van der Waals surface area contributed by atoms with Crippen LogP contribution in [0.2, 0.25) is 0 Å². The van der Waals surface area contributed by atoms with Crippen molar-refractivity contribution in [2.75, 3.05) is 0 Å². The van der Waals surface area contributed by atoms with Gasteiger partial charge in [0.2, 0.25) is 5.43 Å². The van der Waals surface area contributed by atoms with Gasteiger partial charge in [-0.15, -0.1) is 0 Å². The number of amides is 1. The van der Waals surface area contributed by atoms with Crippen molar-refractivity contribution in [1.29, 1.82) is 0 Å². The summed E-state index contributed by atoms with van der Waals surface area (Å²) in [7, 11) is 0. The van der Waals surface area contributed by atoms with Gasteiger partial charge in [0.25, 0.3) is 11.6 Å². The highest BCUT2D eigenvalue weighted by atomic mass is 16.6. The van der Waals surface area contributed by atoms with Crippen molar-refractivity contribution in [3.8, 4) is 0 Å². The fraction of sp³-hybridized carbons (Fsp3) is 0.0556. The molecule has 0 aliphatic rings. The Morgan fingerprint density at radius 2 is 2.04 bits per heavy atom. The highest BCUT2D eigenvalue weighted by Crippen LogP contribution is 2.18. The standard InChI is InChI=1S/C18H13N3O5/c1-11-8-12(6-7-15(11)21(24)25)18(23)20-19-9-13-10-26-16-5-3-2-4-14(16)17(13)22/h2-10H,1H3,(H,20,23)/b19-9-. The van der Waals surface area contributed by atoms with Gasteiger partial charge in [-0.3, -0.25) is 19.7 Å². The topological polar surface area (TPSA) is 115 Å². The van der Waals surface area contributed by atoms with Gasteiger partial charge in [0.15, 0.2) is 0 Å². The normalized spacial score (nSPS) is 11.0. The van der Waals surface area contributed by atoms with Gasteiger partial charge in [-0.2, -0.15) is 5.10 Å². The first-order chi connectivity index (χ1) is 12.5. The maximum absolute atomic E-state index is 12.3. The van der Waals surface area contributed by atoms with E-state index in [1.807, 2.05) is 0 Å². The Bertz CT molecular complexity index is 1100. The third-order valence-electron chi connectivity index (χ3n) is 3.73. The molecule has 26 heavy (non-hydrogen) atoms. The zero-order chi connectivity index (χ0) is 18.7. The second-order valence-corrected chi connectivity index (χ2v) is 5.47. The molecule has 0 saturated carbocycles. The number of fused-ring (bicyclic) bond motifs is 1. The van der Waals surface area contributed by atoms with Crippen molar-refractivity contribution in [1.82, 2.24) is 5.43 Å². The van der Waals surface area contributed by atoms with Gasteiger partial charge in [-0.25, -0.2) is 5.43 Å². The quantitative estimate of drug-likeness (QED) is 0.441. The summed E-state index contributed by atoms with van der Waals surface area (Å²) in [4.78, 5) is 34.6. The number of hydrogen-bond acceptors (Lipinski definition) is 6. The van der Waals surface area contributed by atoms with Crippen LogP contribution in [-0.4, -0.2) is 17.0 Å². The van der Waals surface area contributed by atoms with Crippen LogP contribution in [-0.2, 0) is 0 Å². The molecule has 0 unspecified atom stereocenters. The molecule has 1 aromatic heterocycles. The zero-order valence-corrected chi connectivity index (χ0v) is 13.6. The van der Waals surface area contributed by atoms with Crippen LogP contribution in [0, 0.1) is 17.0 Å². The number of hydrazone groups is 1. The van der Waals surface area contributed by atoms with E-state index in [1.54, 1.807) is 31.2 Å². The maximum atomic E-state index is 12.3. The Balaban J connectivity index is 1.77. The molecular weight excluding hydrogens is 338 g/mol. The number of carbonyl (C=O) groups is 1. The summed E-state index contributed by atoms with van der Waals surface area (Å²) < 4.78 is 5.35. The average Bonchev–Trinajstić information content (AvgIpc) is 2.63. The lowest BCUT2D eigenvalue weighted by Gasteiger charge is -2.02. The van der Waals surface area contributed by atoms with Crippen LogP contribution in [0.3, 0.4) is 0 Å². The second-order valence-electron chi connectivity index (χ2n) is 5.47. The van der Waals surface area contributed by atoms with E-state index >= 15 is 0 Å². The van der Waals surface area contributed by atoms with Gasteiger partial charge < -0.3 is 4.42 Å². The molecule has 8 heteroatoms. The van der Waals surface area contributed by atoms with Crippen molar-refractivity contribution >= 4 is 28.8 Å². The van der Waals surface area contributed by atoms with E-state index in [2.05, 4.69) is 10.5 Å². The van der Waals surface area contributed by atoms with E-state index in [4.69, 9.17) is 4.42 Å². The lowest BCUT2D eigenvalue weighted by molar-refractivity contribution is -0.385. The molecule has 1 heterocycles. The Labute approximate surface area is 146 Å². The van der Waals surface area contributed by atoms with E-state index < -0.39 is 10.8 Å². The second kappa shape index (κ2) is 6.98.